The first-order valence-corrected chi connectivity index (χ1v) is 5.66. The van der Waals surface area contributed by atoms with Crippen LogP contribution in [0.25, 0.3) is 0 Å². The molecule has 2 heteroatoms. The summed E-state index contributed by atoms with van der Waals surface area (Å²) in [5, 5.41) is 8.94. The van der Waals surface area contributed by atoms with Crippen LogP contribution in [-0.2, 0) is 13.2 Å². The molecule has 2 aromatic carbocycles. The second kappa shape index (κ2) is 5.51. The summed E-state index contributed by atoms with van der Waals surface area (Å²) in [6.07, 6.45) is 0. The maximum Gasteiger partial charge on any atom is 0.120 e. The van der Waals surface area contributed by atoms with Crippen molar-refractivity contribution in [2.45, 2.75) is 20.1 Å². The number of ether oxygens (including phenoxy) is 1. The summed E-state index contributed by atoms with van der Waals surface area (Å²) >= 11 is 0. The first kappa shape index (κ1) is 11.7. The molecule has 0 atom stereocenters. The van der Waals surface area contributed by atoms with Crippen molar-refractivity contribution in [1.82, 2.24) is 0 Å². The van der Waals surface area contributed by atoms with Gasteiger partial charge >= 0.3 is 0 Å². The first-order chi connectivity index (χ1) is 8.28. The van der Waals surface area contributed by atoms with Crippen molar-refractivity contribution in [2.75, 3.05) is 0 Å². The van der Waals surface area contributed by atoms with Crippen molar-refractivity contribution < 1.29 is 9.84 Å². The Morgan fingerprint density at radius 3 is 2.35 bits per heavy atom. The third-order valence-corrected chi connectivity index (χ3v) is 2.60. The van der Waals surface area contributed by atoms with Crippen LogP contribution in [-0.4, -0.2) is 5.11 Å². The van der Waals surface area contributed by atoms with E-state index < -0.39 is 0 Å². The van der Waals surface area contributed by atoms with Gasteiger partial charge in [0.2, 0.25) is 0 Å². The van der Waals surface area contributed by atoms with Crippen molar-refractivity contribution in [3.05, 3.63) is 65.2 Å². The van der Waals surface area contributed by atoms with E-state index in [1.54, 1.807) is 0 Å². The Kier molecular flexibility index (Phi) is 3.78. The molecule has 2 rings (SSSR count). The average molecular weight is 228 g/mol. The Labute approximate surface area is 101 Å². The zero-order valence-corrected chi connectivity index (χ0v) is 9.89. The maximum absolute atomic E-state index is 8.94. The zero-order chi connectivity index (χ0) is 12.1. The lowest BCUT2D eigenvalue weighted by Gasteiger charge is -2.07. The van der Waals surface area contributed by atoms with Gasteiger partial charge in [0.25, 0.3) is 0 Å². The number of hydrogen-bond donors (Lipinski definition) is 1. The number of benzene rings is 2. The van der Waals surface area contributed by atoms with E-state index in [1.807, 2.05) is 55.5 Å². The Balaban J connectivity index is 1.97. The predicted octanol–water partition coefficient (Wildman–Crippen LogP) is 3.07. The zero-order valence-electron chi connectivity index (χ0n) is 9.89. The van der Waals surface area contributed by atoms with Gasteiger partial charge in [-0.25, -0.2) is 0 Å². The second-order valence-electron chi connectivity index (χ2n) is 4.08. The third-order valence-electron chi connectivity index (χ3n) is 2.60. The molecule has 17 heavy (non-hydrogen) atoms. The van der Waals surface area contributed by atoms with Gasteiger partial charge in [0.1, 0.15) is 12.4 Å². The van der Waals surface area contributed by atoms with E-state index in [0.29, 0.717) is 6.61 Å². The largest absolute Gasteiger partial charge is 0.489 e. The van der Waals surface area contributed by atoms with Gasteiger partial charge in [-0.3, -0.25) is 0 Å². The smallest absolute Gasteiger partial charge is 0.120 e. The van der Waals surface area contributed by atoms with Crippen LogP contribution in [0.1, 0.15) is 16.7 Å². The van der Waals surface area contributed by atoms with E-state index in [0.717, 1.165) is 16.9 Å². The Hall–Kier alpha value is -1.80. The minimum Gasteiger partial charge on any atom is -0.489 e. The molecular weight excluding hydrogens is 212 g/mol. The summed E-state index contributed by atoms with van der Waals surface area (Å²) in [6, 6.07) is 15.8. The molecule has 0 amide bonds. The SMILES string of the molecule is Cc1cccc(OCc2ccc(CO)cc2)c1. The van der Waals surface area contributed by atoms with Gasteiger partial charge in [0, 0.05) is 0 Å². The van der Waals surface area contributed by atoms with Gasteiger partial charge in [-0.15, -0.1) is 0 Å². The van der Waals surface area contributed by atoms with Crippen LogP contribution < -0.4 is 4.74 Å². The summed E-state index contributed by atoms with van der Waals surface area (Å²) in [6.45, 7) is 2.68. The van der Waals surface area contributed by atoms with E-state index in [-0.39, 0.29) is 6.61 Å². The van der Waals surface area contributed by atoms with Crippen LogP contribution >= 0.6 is 0 Å². The van der Waals surface area contributed by atoms with Gasteiger partial charge < -0.3 is 9.84 Å². The van der Waals surface area contributed by atoms with Gasteiger partial charge in [-0.2, -0.15) is 0 Å². The Bertz CT molecular complexity index is 475. The second-order valence-corrected chi connectivity index (χ2v) is 4.08. The van der Waals surface area contributed by atoms with Crippen LogP contribution in [0.2, 0.25) is 0 Å². The first-order valence-electron chi connectivity index (χ1n) is 5.66. The molecule has 0 saturated carbocycles. The summed E-state index contributed by atoms with van der Waals surface area (Å²) in [5.74, 6) is 0.885. The molecule has 0 aliphatic rings. The molecule has 0 radical (unpaired) electrons. The number of aliphatic hydroxyl groups is 1. The molecule has 0 unspecified atom stereocenters. The van der Waals surface area contributed by atoms with E-state index in [9.17, 15) is 0 Å². The predicted molar refractivity (Wildman–Crippen MR) is 67.9 cm³/mol. The number of hydrogen-bond acceptors (Lipinski definition) is 2. The van der Waals surface area contributed by atoms with Crippen LogP contribution in [0, 0.1) is 6.92 Å². The van der Waals surface area contributed by atoms with Crippen molar-refractivity contribution >= 4 is 0 Å². The fraction of sp³-hybridized carbons (Fsp3) is 0.200. The summed E-state index contributed by atoms with van der Waals surface area (Å²) in [4.78, 5) is 0. The van der Waals surface area contributed by atoms with E-state index in [2.05, 4.69) is 0 Å². The van der Waals surface area contributed by atoms with Crippen LogP contribution in [0.5, 0.6) is 5.75 Å². The lowest BCUT2D eigenvalue weighted by atomic mass is 10.1. The van der Waals surface area contributed by atoms with E-state index >= 15 is 0 Å². The monoisotopic (exact) mass is 228 g/mol. The number of rotatable bonds is 4. The van der Waals surface area contributed by atoms with Gasteiger partial charge in [0.05, 0.1) is 6.61 Å². The highest BCUT2D eigenvalue weighted by Gasteiger charge is 1.97. The van der Waals surface area contributed by atoms with E-state index in [1.165, 1.54) is 5.56 Å². The number of aliphatic hydroxyl groups excluding tert-OH is 1. The highest BCUT2D eigenvalue weighted by Crippen LogP contribution is 2.14. The highest BCUT2D eigenvalue weighted by molar-refractivity contribution is 5.28. The Morgan fingerprint density at radius 2 is 1.71 bits per heavy atom. The molecule has 2 aromatic rings. The quantitative estimate of drug-likeness (QED) is 0.871. The van der Waals surface area contributed by atoms with Crippen LogP contribution in [0.15, 0.2) is 48.5 Å². The third kappa shape index (κ3) is 3.33. The van der Waals surface area contributed by atoms with Crippen LogP contribution in [0.4, 0.5) is 0 Å². The summed E-state index contributed by atoms with van der Waals surface area (Å²) in [5.41, 5.74) is 3.21. The molecule has 0 aliphatic heterocycles. The van der Waals surface area contributed by atoms with Gasteiger partial charge in [-0.05, 0) is 35.7 Å². The lowest BCUT2D eigenvalue weighted by molar-refractivity contribution is 0.281. The molecule has 0 aromatic heterocycles. The molecule has 0 bridgehead atoms. The fourth-order valence-electron chi connectivity index (χ4n) is 1.61. The summed E-state index contributed by atoms with van der Waals surface area (Å²) in [7, 11) is 0. The maximum atomic E-state index is 8.94. The average Bonchev–Trinajstić information content (AvgIpc) is 2.37. The fourth-order valence-corrected chi connectivity index (χ4v) is 1.61. The molecular formula is C15H16O2. The Morgan fingerprint density at radius 1 is 1.00 bits per heavy atom. The molecule has 2 nitrogen and oxygen atoms in total. The lowest BCUT2D eigenvalue weighted by Crippen LogP contribution is -1.96. The van der Waals surface area contributed by atoms with Crippen molar-refractivity contribution in [3.8, 4) is 5.75 Å². The van der Waals surface area contributed by atoms with Crippen molar-refractivity contribution in [1.29, 1.82) is 0 Å². The molecule has 0 saturated heterocycles. The molecule has 0 spiro atoms. The topological polar surface area (TPSA) is 29.5 Å². The van der Waals surface area contributed by atoms with Gasteiger partial charge in [0.15, 0.2) is 0 Å². The molecule has 0 aliphatic carbocycles. The minimum absolute atomic E-state index is 0.0824. The normalized spacial score (nSPS) is 10.2. The number of aryl methyl sites for hydroxylation is 1. The molecule has 0 fully saturated rings. The van der Waals surface area contributed by atoms with Crippen molar-refractivity contribution in [3.63, 3.8) is 0 Å². The van der Waals surface area contributed by atoms with Crippen molar-refractivity contribution in [2.24, 2.45) is 0 Å². The molecule has 0 heterocycles. The van der Waals surface area contributed by atoms with Gasteiger partial charge in [-0.1, -0.05) is 36.4 Å². The van der Waals surface area contributed by atoms with Crippen LogP contribution in [0.3, 0.4) is 0 Å². The van der Waals surface area contributed by atoms with E-state index in [4.69, 9.17) is 9.84 Å². The molecule has 88 valence electrons. The highest BCUT2D eigenvalue weighted by atomic mass is 16.5. The summed E-state index contributed by atoms with van der Waals surface area (Å²) < 4.78 is 5.68. The standard InChI is InChI=1S/C15H16O2/c1-12-3-2-4-15(9-12)17-11-14-7-5-13(10-16)6-8-14/h2-9,16H,10-11H2,1H3. The minimum atomic E-state index is 0.0824. The molecule has 1 N–H and O–H groups in total.